The van der Waals surface area contributed by atoms with Crippen LogP contribution in [0.25, 0.3) is 0 Å². The van der Waals surface area contributed by atoms with E-state index in [1.807, 2.05) is 37.3 Å². The van der Waals surface area contributed by atoms with E-state index < -0.39 is 16.1 Å². The fourth-order valence-corrected chi connectivity index (χ4v) is 4.68. The van der Waals surface area contributed by atoms with Gasteiger partial charge in [0.25, 0.3) is 0 Å². The molecule has 0 heterocycles. The Balaban J connectivity index is 1.71. The summed E-state index contributed by atoms with van der Waals surface area (Å²) in [6.45, 7) is 3.22. The molecule has 0 fully saturated rings. The average molecular weight is 469 g/mol. The number of hydrogen-bond donors (Lipinski definition) is 2. The first-order valence-corrected chi connectivity index (χ1v) is 12.0. The Kier molecular flexibility index (Phi) is 8.21. The van der Waals surface area contributed by atoms with Crippen LogP contribution in [0.3, 0.4) is 0 Å². The van der Waals surface area contributed by atoms with E-state index in [4.69, 9.17) is 4.74 Å². The van der Waals surface area contributed by atoms with Gasteiger partial charge in [-0.2, -0.15) is 4.31 Å². The van der Waals surface area contributed by atoms with Gasteiger partial charge in [0.05, 0.1) is 4.90 Å². The van der Waals surface area contributed by atoms with Crippen LogP contribution in [0.5, 0.6) is 5.75 Å². The molecule has 174 valence electrons. The molecule has 0 saturated carbocycles. The average Bonchev–Trinajstić information content (AvgIpc) is 2.79. The van der Waals surface area contributed by atoms with Gasteiger partial charge in [-0.05, 0) is 48.9 Å². The van der Waals surface area contributed by atoms with Gasteiger partial charge in [-0.25, -0.2) is 8.42 Å². The maximum Gasteiger partial charge on any atom is 0.243 e. The zero-order chi connectivity index (χ0) is 23.8. The van der Waals surface area contributed by atoms with Crippen molar-refractivity contribution in [3.63, 3.8) is 0 Å². The predicted octanol–water partition coefficient (Wildman–Crippen LogP) is 3.58. The van der Waals surface area contributed by atoms with Gasteiger partial charge in [0, 0.05) is 25.7 Å². The smallest absolute Gasteiger partial charge is 0.243 e. The predicted molar refractivity (Wildman–Crippen MR) is 127 cm³/mol. The number of carbonyl (C=O) groups is 1. The number of benzene rings is 3. The van der Waals surface area contributed by atoms with E-state index in [-0.39, 0.29) is 30.5 Å². The van der Waals surface area contributed by atoms with Crippen LogP contribution >= 0.6 is 0 Å². The number of aryl methyl sites for hydroxylation is 1. The van der Waals surface area contributed by atoms with E-state index in [1.54, 1.807) is 48.5 Å². The Morgan fingerprint density at radius 3 is 2.24 bits per heavy atom. The molecule has 0 aliphatic heterocycles. The Labute approximate surface area is 194 Å². The minimum atomic E-state index is -3.83. The molecule has 0 aliphatic rings. The molecule has 3 aromatic rings. The van der Waals surface area contributed by atoms with Crippen LogP contribution in [0.2, 0.25) is 0 Å². The number of amides is 1. The van der Waals surface area contributed by atoms with E-state index in [1.165, 1.54) is 11.2 Å². The van der Waals surface area contributed by atoms with Crippen molar-refractivity contribution >= 4 is 21.6 Å². The molecule has 1 amide bonds. The summed E-state index contributed by atoms with van der Waals surface area (Å²) in [5.74, 6) is 0.325. The van der Waals surface area contributed by atoms with Gasteiger partial charge in [0.1, 0.15) is 18.5 Å². The number of nitrogens with one attached hydrogen (secondary N) is 1. The molecule has 7 nitrogen and oxygen atoms in total. The second-order valence-corrected chi connectivity index (χ2v) is 9.70. The van der Waals surface area contributed by atoms with E-state index in [9.17, 15) is 18.3 Å². The molecule has 0 radical (unpaired) electrons. The highest BCUT2D eigenvalue weighted by Crippen LogP contribution is 2.20. The third-order valence-electron chi connectivity index (χ3n) is 4.89. The third kappa shape index (κ3) is 7.15. The molecule has 0 spiro atoms. The summed E-state index contributed by atoms with van der Waals surface area (Å²) in [4.78, 5) is 11.3. The SMILES string of the molecule is CC(=O)Nc1ccc(OCC(O)CN(Cc2ccccc2)S(=O)(=O)c2ccc(C)cc2)cc1. The first kappa shape index (κ1) is 24.4. The minimum absolute atomic E-state index is 0.0891. The van der Waals surface area contributed by atoms with Gasteiger partial charge in [-0.1, -0.05) is 48.0 Å². The van der Waals surface area contributed by atoms with Crippen molar-refractivity contribution in [1.82, 2.24) is 4.31 Å². The van der Waals surface area contributed by atoms with Crippen LogP contribution in [-0.4, -0.2) is 43.0 Å². The molecule has 1 atom stereocenters. The number of carbonyl (C=O) groups excluding carboxylic acids is 1. The van der Waals surface area contributed by atoms with Crippen LogP contribution in [0, 0.1) is 6.92 Å². The summed E-state index contributed by atoms with van der Waals surface area (Å²) < 4.78 is 33.5. The van der Waals surface area contributed by atoms with Crippen molar-refractivity contribution in [3.05, 3.63) is 90.0 Å². The first-order valence-electron chi connectivity index (χ1n) is 10.5. The van der Waals surface area contributed by atoms with Crippen LogP contribution < -0.4 is 10.1 Å². The fourth-order valence-electron chi connectivity index (χ4n) is 3.21. The number of rotatable bonds is 10. The highest BCUT2D eigenvalue weighted by atomic mass is 32.2. The molecule has 2 N–H and O–H groups in total. The Morgan fingerprint density at radius 2 is 1.64 bits per heavy atom. The lowest BCUT2D eigenvalue weighted by Gasteiger charge is -2.25. The summed E-state index contributed by atoms with van der Waals surface area (Å²) in [6, 6.07) is 22.6. The van der Waals surface area contributed by atoms with Crippen molar-refractivity contribution in [1.29, 1.82) is 0 Å². The molecule has 33 heavy (non-hydrogen) atoms. The third-order valence-corrected chi connectivity index (χ3v) is 6.72. The fraction of sp³-hybridized carbons (Fsp3) is 0.240. The van der Waals surface area contributed by atoms with Gasteiger partial charge in [-0.15, -0.1) is 0 Å². The standard InChI is InChI=1S/C25H28N2O5S/c1-19-8-14-25(15-9-19)33(30,31)27(16-21-6-4-3-5-7-21)17-23(29)18-32-24-12-10-22(11-13-24)26-20(2)28/h3-15,23,29H,16-18H2,1-2H3,(H,26,28). The number of anilines is 1. The maximum atomic E-state index is 13.3. The summed E-state index contributed by atoms with van der Waals surface area (Å²) in [5.41, 5.74) is 2.41. The van der Waals surface area contributed by atoms with Crippen molar-refractivity contribution in [2.75, 3.05) is 18.5 Å². The maximum absolute atomic E-state index is 13.3. The summed E-state index contributed by atoms with van der Waals surface area (Å²) in [7, 11) is -3.83. The van der Waals surface area contributed by atoms with Crippen molar-refractivity contribution in [2.24, 2.45) is 0 Å². The number of nitrogens with zero attached hydrogens (tertiary/aromatic N) is 1. The highest BCUT2D eigenvalue weighted by molar-refractivity contribution is 7.89. The Morgan fingerprint density at radius 1 is 1.00 bits per heavy atom. The molecular weight excluding hydrogens is 440 g/mol. The number of hydrogen-bond acceptors (Lipinski definition) is 5. The van der Waals surface area contributed by atoms with Crippen LogP contribution in [-0.2, 0) is 21.4 Å². The van der Waals surface area contributed by atoms with Crippen molar-refractivity contribution < 1.29 is 23.1 Å². The quantitative estimate of drug-likeness (QED) is 0.474. The minimum Gasteiger partial charge on any atom is -0.491 e. The molecule has 0 saturated heterocycles. The molecule has 0 aliphatic carbocycles. The van der Waals surface area contributed by atoms with Crippen LogP contribution in [0.4, 0.5) is 5.69 Å². The lowest BCUT2D eigenvalue weighted by atomic mass is 10.2. The number of aliphatic hydroxyl groups is 1. The summed E-state index contributed by atoms with van der Waals surface area (Å²) in [5, 5.41) is 13.3. The largest absolute Gasteiger partial charge is 0.491 e. The van der Waals surface area contributed by atoms with Gasteiger partial charge < -0.3 is 15.2 Å². The van der Waals surface area contributed by atoms with E-state index in [2.05, 4.69) is 5.32 Å². The topological polar surface area (TPSA) is 95.9 Å². The summed E-state index contributed by atoms with van der Waals surface area (Å²) >= 11 is 0. The second kappa shape index (κ2) is 11.1. The zero-order valence-corrected chi connectivity index (χ0v) is 19.5. The Bertz CT molecular complexity index is 1150. The lowest BCUT2D eigenvalue weighted by molar-refractivity contribution is -0.114. The molecular formula is C25H28N2O5S. The van der Waals surface area contributed by atoms with E-state index >= 15 is 0 Å². The zero-order valence-electron chi connectivity index (χ0n) is 18.6. The highest BCUT2D eigenvalue weighted by Gasteiger charge is 2.27. The number of sulfonamides is 1. The Hall–Kier alpha value is -3.20. The van der Waals surface area contributed by atoms with Gasteiger partial charge in [0.15, 0.2) is 0 Å². The monoisotopic (exact) mass is 468 g/mol. The van der Waals surface area contributed by atoms with Crippen LogP contribution in [0.15, 0.2) is 83.8 Å². The van der Waals surface area contributed by atoms with Gasteiger partial charge in [0.2, 0.25) is 15.9 Å². The molecule has 0 bridgehead atoms. The molecule has 3 aromatic carbocycles. The first-order chi connectivity index (χ1) is 15.7. The van der Waals surface area contributed by atoms with Gasteiger partial charge >= 0.3 is 0 Å². The second-order valence-electron chi connectivity index (χ2n) is 7.77. The van der Waals surface area contributed by atoms with Crippen molar-refractivity contribution in [3.8, 4) is 5.75 Å². The number of ether oxygens (including phenoxy) is 1. The molecule has 3 rings (SSSR count). The van der Waals surface area contributed by atoms with E-state index in [0.29, 0.717) is 11.4 Å². The van der Waals surface area contributed by atoms with Crippen LogP contribution in [0.1, 0.15) is 18.1 Å². The normalized spacial score (nSPS) is 12.4. The lowest BCUT2D eigenvalue weighted by Crippen LogP contribution is -2.39. The molecule has 0 aromatic heterocycles. The van der Waals surface area contributed by atoms with Crippen molar-refractivity contribution in [2.45, 2.75) is 31.4 Å². The van der Waals surface area contributed by atoms with Gasteiger partial charge in [-0.3, -0.25) is 4.79 Å². The van der Waals surface area contributed by atoms with E-state index in [0.717, 1.165) is 11.1 Å². The molecule has 1 unspecified atom stereocenters. The molecule has 8 heteroatoms. The summed E-state index contributed by atoms with van der Waals surface area (Å²) in [6.07, 6.45) is -1.05. The number of aliphatic hydroxyl groups excluding tert-OH is 1.